The molecule has 1 N–H and O–H groups in total. The van der Waals surface area contributed by atoms with Crippen molar-refractivity contribution in [1.82, 2.24) is 0 Å². The number of rotatable bonds is 5. The summed E-state index contributed by atoms with van der Waals surface area (Å²) in [6, 6.07) is 16.7. The van der Waals surface area contributed by atoms with Crippen molar-refractivity contribution in [2.24, 2.45) is 0 Å². The Morgan fingerprint density at radius 2 is 1.76 bits per heavy atom. The number of nitrogens with zero attached hydrogens (tertiary/aromatic N) is 2. The van der Waals surface area contributed by atoms with E-state index >= 15 is 0 Å². The first-order valence-electron chi connectivity index (χ1n) is 10.4. The molecule has 3 aromatic carbocycles. The van der Waals surface area contributed by atoms with Crippen molar-refractivity contribution in [2.75, 3.05) is 16.8 Å². The molecule has 33 heavy (non-hydrogen) atoms. The largest absolute Gasteiger partial charge is 0.492 e. The van der Waals surface area contributed by atoms with E-state index in [9.17, 15) is 19.6 Å². The lowest BCUT2D eigenvalue weighted by molar-refractivity contribution is 0.0925. The van der Waals surface area contributed by atoms with Crippen LogP contribution in [0.3, 0.4) is 0 Å². The maximum Gasteiger partial charge on any atom is 0.266 e. The first-order valence-corrected chi connectivity index (χ1v) is 10.4. The van der Waals surface area contributed by atoms with Crippen LogP contribution >= 0.6 is 0 Å². The number of hydrogen-bond acceptors (Lipinski definition) is 5. The van der Waals surface area contributed by atoms with Crippen LogP contribution in [0.15, 0.2) is 54.6 Å². The second-order valence-electron chi connectivity index (χ2n) is 7.71. The molecule has 0 saturated heterocycles. The minimum Gasteiger partial charge on any atom is -0.492 e. The Balaban J connectivity index is 1.66. The van der Waals surface area contributed by atoms with E-state index in [2.05, 4.69) is 5.32 Å². The van der Waals surface area contributed by atoms with Gasteiger partial charge in [0.2, 0.25) is 0 Å². The fourth-order valence-electron chi connectivity index (χ4n) is 3.73. The molecule has 0 fully saturated rings. The minimum absolute atomic E-state index is 0.171. The van der Waals surface area contributed by atoms with Crippen LogP contribution in [-0.2, 0) is 0 Å². The Bertz CT molecular complexity index is 1350. The number of nitrogens with one attached hydrogen (secondary N) is 1. The second-order valence-corrected chi connectivity index (χ2v) is 7.71. The quantitative estimate of drug-likeness (QED) is 0.585. The van der Waals surface area contributed by atoms with E-state index in [1.54, 1.807) is 18.2 Å². The molecule has 0 aliphatic carbocycles. The molecule has 164 valence electrons. The summed E-state index contributed by atoms with van der Waals surface area (Å²) in [6.45, 7) is 5.93. The maximum atomic E-state index is 13.1. The number of carbonyl (C=O) groups excluding carboxylic acids is 3. The number of fused-ring (bicyclic) bond motifs is 1. The summed E-state index contributed by atoms with van der Waals surface area (Å²) in [5.41, 5.74) is 3.60. The van der Waals surface area contributed by atoms with Gasteiger partial charge in [-0.15, -0.1) is 0 Å². The number of carbonyl (C=O) groups is 3. The van der Waals surface area contributed by atoms with E-state index in [0.717, 1.165) is 16.0 Å². The molecular weight excluding hydrogens is 418 g/mol. The van der Waals surface area contributed by atoms with E-state index < -0.39 is 17.7 Å². The molecule has 1 aliphatic heterocycles. The van der Waals surface area contributed by atoms with Gasteiger partial charge >= 0.3 is 0 Å². The predicted molar refractivity (Wildman–Crippen MR) is 124 cm³/mol. The van der Waals surface area contributed by atoms with Crippen molar-refractivity contribution in [3.8, 4) is 11.8 Å². The number of imide groups is 1. The van der Waals surface area contributed by atoms with Gasteiger partial charge in [0.15, 0.2) is 0 Å². The average molecular weight is 439 g/mol. The molecular formula is C26H21N3O4. The van der Waals surface area contributed by atoms with Gasteiger partial charge < -0.3 is 10.1 Å². The molecule has 4 rings (SSSR count). The second kappa shape index (κ2) is 8.60. The third-order valence-electron chi connectivity index (χ3n) is 5.41. The van der Waals surface area contributed by atoms with Crippen molar-refractivity contribution < 1.29 is 19.1 Å². The van der Waals surface area contributed by atoms with Crippen LogP contribution in [0.25, 0.3) is 0 Å². The molecule has 7 nitrogen and oxygen atoms in total. The molecule has 0 bridgehead atoms. The van der Waals surface area contributed by atoms with Gasteiger partial charge in [-0.1, -0.05) is 12.1 Å². The Morgan fingerprint density at radius 3 is 2.48 bits per heavy atom. The van der Waals surface area contributed by atoms with Crippen LogP contribution in [0.4, 0.5) is 11.4 Å². The van der Waals surface area contributed by atoms with Crippen molar-refractivity contribution >= 4 is 29.1 Å². The van der Waals surface area contributed by atoms with Gasteiger partial charge in [0.05, 0.1) is 40.7 Å². The van der Waals surface area contributed by atoms with Crippen LogP contribution in [0.5, 0.6) is 5.75 Å². The molecule has 0 spiro atoms. The summed E-state index contributed by atoms with van der Waals surface area (Å²) < 4.78 is 5.53. The van der Waals surface area contributed by atoms with E-state index in [1.165, 1.54) is 24.3 Å². The molecule has 0 aromatic heterocycles. The Hall–Kier alpha value is -4.44. The van der Waals surface area contributed by atoms with Crippen LogP contribution in [0.2, 0.25) is 0 Å². The lowest BCUT2D eigenvalue weighted by Crippen LogP contribution is -2.30. The monoisotopic (exact) mass is 439 g/mol. The lowest BCUT2D eigenvalue weighted by atomic mass is 10.1. The Labute approximate surface area is 191 Å². The number of hydrogen-bond donors (Lipinski definition) is 1. The third kappa shape index (κ3) is 3.94. The first kappa shape index (κ1) is 21.8. The smallest absolute Gasteiger partial charge is 0.266 e. The van der Waals surface area contributed by atoms with Gasteiger partial charge in [0, 0.05) is 5.56 Å². The molecule has 3 aromatic rings. The lowest BCUT2D eigenvalue weighted by Gasteiger charge is -2.17. The van der Waals surface area contributed by atoms with E-state index in [4.69, 9.17) is 4.74 Å². The van der Waals surface area contributed by atoms with Crippen molar-refractivity contribution in [1.29, 1.82) is 5.26 Å². The van der Waals surface area contributed by atoms with E-state index in [1.807, 2.05) is 39.0 Å². The minimum atomic E-state index is -0.487. The number of ether oxygens (including phenoxy) is 1. The predicted octanol–water partition coefficient (Wildman–Crippen LogP) is 4.63. The van der Waals surface area contributed by atoms with Gasteiger partial charge in [-0.2, -0.15) is 5.26 Å². The molecule has 7 heteroatoms. The zero-order valence-corrected chi connectivity index (χ0v) is 18.4. The molecule has 0 unspecified atom stereocenters. The van der Waals surface area contributed by atoms with Crippen LogP contribution in [-0.4, -0.2) is 24.3 Å². The summed E-state index contributed by atoms with van der Waals surface area (Å²) in [7, 11) is 0. The molecule has 1 aliphatic rings. The van der Waals surface area contributed by atoms with E-state index in [-0.39, 0.29) is 16.7 Å². The van der Waals surface area contributed by atoms with Gasteiger partial charge in [0.25, 0.3) is 17.7 Å². The van der Waals surface area contributed by atoms with Crippen molar-refractivity contribution in [3.63, 3.8) is 0 Å². The number of nitriles is 1. The normalized spacial score (nSPS) is 12.4. The highest BCUT2D eigenvalue weighted by molar-refractivity contribution is 6.35. The highest BCUT2D eigenvalue weighted by Crippen LogP contribution is 2.32. The van der Waals surface area contributed by atoms with Crippen LogP contribution < -0.4 is 15.0 Å². The number of benzene rings is 3. The molecule has 0 atom stereocenters. The highest BCUT2D eigenvalue weighted by Gasteiger charge is 2.37. The third-order valence-corrected chi connectivity index (χ3v) is 5.41. The summed E-state index contributed by atoms with van der Waals surface area (Å²) in [5, 5.41) is 11.9. The summed E-state index contributed by atoms with van der Waals surface area (Å²) in [6.07, 6.45) is 0. The van der Waals surface area contributed by atoms with Gasteiger partial charge in [0.1, 0.15) is 5.75 Å². The standard InChI is InChI=1S/C26H21N3O4/c1-4-33-23-10-7-17(14-27)12-21(23)28-24(30)18-8-9-19-20(13-18)26(32)29(25(19)31)22-11-15(2)5-6-16(22)3/h5-13H,4H2,1-3H3,(H,28,30). The molecule has 3 amide bonds. The van der Waals surface area contributed by atoms with Gasteiger partial charge in [-0.25, -0.2) is 4.90 Å². The summed E-state index contributed by atoms with van der Waals surface area (Å²) in [4.78, 5) is 40.2. The van der Waals surface area contributed by atoms with Crippen molar-refractivity contribution in [3.05, 3.63) is 88.0 Å². The summed E-state index contributed by atoms with van der Waals surface area (Å²) >= 11 is 0. The van der Waals surface area contributed by atoms with Gasteiger partial charge in [-0.05, 0) is 74.4 Å². The topological polar surface area (TPSA) is 99.5 Å². The molecule has 0 saturated carbocycles. The highest BCUT2D eigenvalue weighted by atomic mass is 16.5. The first-order chi connectivity index (χ1) is 15.8. The van der Waals surface area contributed by atoms with Gasteiger partial charge in [-0.3, -0.25) is 14.4 Å². The zero-order chi connectivity index (χ0) is 23.7. The van der Waals surface area contributed by atoms with Crippen LogP contribution in [0, 0.1) is 25.2 Å². The molecule has 1 heterocycles. The van der Waals surface area contributed by atoms with E-state index in [0.29, 0.717) is 29.3 Å². The van der Waals surface area contributed by atoms with Crippen LogP contribution in [0.1, 0.15) is 54.7 Å². The number of aryl methyl sites for hydroxylation is 2. The molecule has 0 radical (unpaired) electrons. The maximum absolute atomic E-state index is 13.1. The zero-order valence-electron chi connectivity index (χ0n) is 18.4. The SMILES string of the molecule is CCOc1ccc(C#N)cc1NC(=O)c1ccc2c(c1)C(=O)N(c1cc(C)ccc1C)C2=O. The summed E-state index contributed by atoms with van der Waals surface area (Å²) in [5.74, 6) is -0.950. The number of amides is 3. The number of anilines is 2. The fraction of sp³-hybridized carbons (Fsp3) is 0.154. The Kier molecular flexibility index (Phi) is 5.67. The Morgan fingerprint density at radius 1 is 1.00 bits per heavy atom. The average Bonchev–Trinajstić information content (AvgIpc) is 3.06. The fourth-order valence-corrected chi connectivity index (χ4v) is 3.73. The van der Waals surface area contributed by atoms with Crippen molar-refractivity contribution in [2.45, 2.75) is 20.8 Å².